The molecular formula is C18H19F2N3O5S. The van der Waals surface area contributed by atoms with Crippen molar-refractivity contribution in [3.8, 4) is 0 Å². The molecule has 2 aromatic rings. The zero-order valence-electron chi connectivity index (χ0n) is 15.5. The van der Waals surface area contributed by atoms with Crippen LogP contribution >= 0.6 is 0 Å². The van der Waals surface area contributed by atoms with E-state index in [1.807, 2.05) is 0 Å². The number of rotatable bonds is 8. The number of anilines is 2. The van der Waals surface area contributed by atoms with Crippen LogP contribution in [0.25, 0.3) is 0 Å². The van der Waals surface area contributed by atoms with Gasteiger partial charge in [0.2, 0.25) is 0 Å². The Morgan fingerprint density at radius 1 is 1.24 bits per heavy atom. The van der Waals surface area contributed by atoms with Crippen molar-refractivity contribution in [2.75, 3.05) is 17.0 Å². The van der Waals surface area contributed by atoms with Crippen LogP contribution in [0.15, 0.2) is 41.3 Å². The molecule has 0 spiro atoms. The molecule has 2 rings (SSSR count). The molecule has 29 heavy (non-hydrogen) atoms. The van der Waals surface area contributed by atoms with Gasteiger partial charge in [-0.05, 0) is 36.8 Å². The molecule has 0 heterocycles. The van der Waals surface area contributed by atoms with E-state index in [1.54, 1.807) is 0 Å². The van der Waals surface area contributed by atoms with E-state index >= 15 is 0 Å². The number of benzene rings is 2. The number of hydrazine groups is 1. The van der Waals surface area contributed by atoms with Gasteiger partial charge in [0.05, 0.1) is 16.3 Å². The number of halogens is 2. The minimum absolute atomic E-state index is 0.0102. The molecule has 1 atom stereocenters. The van der Waals surface area contributed by atoms with Gasteiger partial charge in [0, 0.05) is 18.9 Å². The lowest BCUT2D eigenvalue weighted by atomic mass is 10.2. The molecule has 0 aliphatic carbocycles. The van der Waals surface area contributed by atoms with Gasteiger partial charge in [-0.15, -0.1) is 0 Å². The van der Waals surface area contributed by atoms with Crippen LogP contribution in [-0.2, 0) is 21.2 Å². The van der Waals surface area contributed by atoms with Crippen molar-refractivity contribution in [1.29, 1.82) is 0 Å². The van der Waals surface area contributed by atoms with E-state index < -0.39 is 33.6 Å². The predicted molar refractivity (Wildman–Crippen MR) is 102 cm³/mol. The Morgan fingerprint density at radius 2 is 1.86 bits per heavy atom. The summed E-state index contributed by atoms with van der Waals surface area (Å²) in [5.41, 5.74) is 2.73. The van der Waals surface area contributed by atoms with Crippen LogP contribution in [0.1, 0.15) is 12.5 Å². The predicted octanol–water partition coefficient (Wildman–Crippen LogP) is 2.87. The average Bonchev–Trinajstić information content (AvgIpc) is 2.62. The summed E-state index contributed by atoms with van der Waals surface area (Å²) in [5.74, 6) is -1.60. The highest BCUT2D eigenvalue weighted by Gasteiger charge is 2.23. The molecule has 0 saturated heterocycles. The van der Waals surface area contributed by atoms with Crippen molar-refractivity contribution < 1.29 is 31.9 Å². The Labute approximate surface area is 166 Å². The van der Waals surface area contributed by atoms with E-state index in [-0.39, 0.29) is 28.4 Å². The summed E-state index contributed by atoms with van der Waals surface area (Å²) < 4.78 is 51.1. The second kappa shape index (κ2) is 8.86. The summed E-state index contributed by atoms with van der Waals surface area (Å²) in [6.45, 7) is 1.18. The van der Waals surface area contributed by atoms with E-state index in [4.69, 9.17) is 0 Å². The molecule has 156 valence electrons. The van der Waals surface area contributed by atoms with Crippen molar-refractivity contribution in [2.45, 2.75) is 24.4 Å². The fraction of sp³-hybridized carbons (Fsp3) is 0.222. The number of sulfone groups is 1. The lowest BCUT2D eigenvalue weighted by Crippen LogP contribution is -2.43. The molecule has 0 aromatic heterocycles. The number of hydrogen-bond acceptors (Lipinski definition) is 6. The van der Waals surface area contributed by atoms with E-state index in [0.717, 1.165) is 18.4 Å². The number of carbonyl (C=O) groups is 2. The average molecular weight is 427 g/mol. The minimum Gasteiger partial charge on any atom is -0.464 e. The molecule has 11 heteroatoms. The third-order valence-corrected chi connectivity index (χ3v) is 5.01. The number of carboxylic acid groups (broad SMARTS) is 1. The fourth-order valence-electron chi connectivity index (χ4n) is 2.53. The van der Waals surface area contributed by atoms with Gasteiger partial charge in [-0.2, -0.15) is 0 Å². The first kappa shape index (κ1) is 22.1. The van der Waals surface area contributed by atoms with Crippen molar-refractivity contribution in [3.05, 3.63) is 53.6 Å². The first-order valence-electron chi connectivity index (χ1n) is 8.29. The van der Waals surface area contributed by atoms with Crippen molar-refractivity contribution in [1.82, 2.24) is 5.01 Å². The Kier molecular flexibility index (Phi) is 6.75. The second-order valence-electron chi connectivity index (χ2n) is 6.22. The summed E-state index contributed by atoms with van der Waals surface area (Å²) in [4.78, 5) is 22.3. The molecule has 0 radical (unpaired) electrons. The zero-order valence-corrected chi connectivity index (χ0v) is 16.3. The topological polar surface area (TPSA) is 116 Å². The van der Waals surface area contributed by atoms with Gasteiger partial charge in [-0.25, -0.2) is 27.0 Å². The largest absolute Gasteiger partial charge is 0.464 e. The van der Waals surface area contributed by atoms with E-state index in [1.165, 1.54) is 25.1 Å². The van der Waals surface area contributed by atoms with Gasteiger partial charge in [0.15, 0.2) is 9.84 Å². The minimum atomic E-state index is -3.74. The second-order valence-corrected chi connectivity index (χ2v) is 8.21. The lowest BCUT2D eigenvalue weighted by molar-refractivity contribution is -0.111. The lowest BCUT2D eigenvalue weighted by Gasteiger charge is -2.26. The van der Waals surface area contributed by atoms with E-state index in [0.29, 0.717) is 17.4 Å². The van der Waals surface area contributed by atoms with Gasteiger partial charge in [-0.3, -0.25) is 5.43 Å². The zero-order chi connectivity index (χ0) is 21.8. The van der Waals surface area contributed by atoms with Gasteiger partial charge in [0.1, 0.15) is 24.0 Å². The van der Waals surface area contributed by atoms with E-state index in [2.05, 4.69) is 10.7 Å². The number of nitrogens with one attached hydrogen (secondary N) is 2. The fourth-order valence-corrected chi connectivity index (χ4v) is 3.41. The van der Waals surface area contributed by atoms with Crippen LogP contribution in [0, 0.1) is 11.6 Å². The maximum atomic E-state index is 13.4. The molecule has 0 aliphatic heterocycles. The number of aldehydes is 1. The Balaban J connectivity index is 2.46. The van der Waals surface area contributed by atoms with Gasteiger partial charge >= 0.3 is 6.09 Å². The summed E-state index contributed by atoms with van der Waals surface area (Å²) in [6.07, 6.45) is -0.112. The van der Waals surface area contributed by atoms with Crippen LogP contribution in [0.4, 0.5) is 25.0 Å². The summed E-state index contributed by atoms with van der Waals surface area (Å²) in [5, 5.41) is 12.7. The Morgan fingerprint density at radius 3 is 2.38 bits per heavy atom. The van der Waals surface area contributed by atoms with Crippen molar-refractivity contribution >= 4 is 33.6 Å². The maximum absolute atomic E-state index is 13.4. The smallest absolute Gasteiger partial charge is 0.426 e. The molecule has 3 N–H and O–H groups in total. The number of hydrogen-bond donors (Lipinski definition) is 3. The Bertz CT molecular complexity index is 1010. The molecule has 0 fully saturated rings. The Hall–Kier alpha value is -3.21. The maximum Gasteiger partial charge on any atom is 0.426 e. The van der Waals surface area contributed by atoms with Crippen LogP contribution in [0.5, 0.6) is 0 Å². The summed E-state index contributed by atoms with van der Waals surface area (Å²) in [7, 11) is -3.74. The summed E-state index contributed by atoms with van der Waals surface area (Å²) >= 11 is 0. The molecule has 1 amide bonds. The van der Waals surface area contributed by atoms with Crippen LogP contribution in [0.2, 0.25) is 0 Å². The highest BCUT2D eigenvalue weighted by Crippen LogP contribution is 2.31. The molecule has 0 aliphatic rings. The number of nitrogens with zero attached hydrogens (tertiary/aromatic N) is 1. The first-order valence-corrected chi connectivity index (χ1v) is 10.2. The van der Waals surface area contributed by atoms with Gasteiger partial charge < -0.3 is 15.2 Å². The van der Waals surface area contributed by atoms with Crippen molar-refractivity contribution in [3.63, 3.8) is 0 Å². The number of amides is 1. The third-order valence-electron chi connectivity index (χ3n) is 3.87. The van der Waals surface area contributed by atoms with Gasteiger partial charge in [0.25, 0.3) is 0 Å². The van der Waals surface area contributed by atoms with Gasteiger partial charge in [-0.1, -0.05) is 6.07 Å². The highest BCUT2D eigenvalue weighted by atomic mass is 32.2. The third kappa shape index (κ3) is 5.64. The molecule has 0 bridgehead atoms. The molecule has 8 nitrogen and oxygen atoms in total. The number of carbonyl (C=O) groups excluding carboxylic acids is 1. The quantitative estimate of drug-likeness (QED) is 0.438. The molecular weight excluding hydrogens is 408 g/mol. The standard InChI is InChI=1S/C18H19F2N3O5S/c1-11(10-24)23(18(25)26)22-15-4-3-5-16(29(2,27)28)17(15)21-9-12-6-13(19)8-14(20)7-12/h3-8,10-11,21-22H,9H2,1-2H3,(H,25,26). The first-order chi connectivity index (χ1) is 13.5. The molecule has 2 aromatic carbocycles. The summed E-state index contributed by atoms with van der Waals surface area (Å²) in [6, 6.07) is 5.86. The number of para-hydroxylation sites is 1. The SMILES string of the molecule is CC(C=O)N(Nc1cccc(S(C)(=O)=O)c1NCc1cc(F)cc(F)c1)C(=O)O. The van der Waals surface area contributed by atoms with Crippen LogP contribution < -0.4 is 10.7 Å². The highest BCUT2D eigenvalue weighted by molar-refractivity contribution is 7.90. The normalized spacial score (nSPS) is 12.1. The molecule has 0 saturated carbocycles. The monoisotopic (exact) mass is 427 g/mol. The molecule has 1 unspecified atom stereocenters. The van der Waals surface area contributed by atoms with E-state index in [9.17, 15) is 31.9 Å². The van der Waals surface area contributed by atoms with Crippen molar-refractivity contribution in [2.24, 2.45) is 0 Å². The van der Waals surface area contributed by atoms with Crippen LogP contribution in [0.3, 0.4) is 0 Å². The van der Waals surface area contributed by atoms with Crippen LogP contribution in [-0.4, -0.2) is 43.2 Å².